The van der Waals surface area contributed by atoms with Gasteiger partial charge in [0.2, 0.25) is 17.4 Å². The van der Waals surface area contributed by atoms with E-state index in [1.165, 1.54) is 12.1 Å². The summed E-state index contributed by atoms with van der Waals surface area (Å²) in [6, 6.07) is 13.2. The van der Waals surface area contributed by atoms with Crippen LogP contribution in [0.25, 0.3) is 22.9 Å². The summed E-state index contributed by atoms with van der Waals surface area (Å²) in [6.45, 7) is 4.63. The lowest BCUT2D eigenvalue weighted by molar-refractivity contribution is 0.366. The van der Waals surface area contributed by atoms with Gasteiger partial charge in [-0.2, -0.15) is 8.78 Å². The lowest BCUT2D eigenvalue weighted by atomic mass is 9.78. The van der Waals surface area contributed by atoms with Crippen molar-refractivity contribution < 1.29 is 49.0 Å². The second-order valence-corrected chi connectivity index (χ2v) is 10.1. The second kappa shape index (κ2) is 11.3. The average Bonchev–Trinajstić information content (AvgIpc) is 3.49. The van der Waals surface area contributed by atoms with Gasteiger partial charge in [0, 0.05) is 11.0 Å². The maximum atomic E-state index is 15.0. The smallest absolute Gasteiger partial charge is 0.254 e. The Bertz CT molecular complexity index is 1830. The Morgan fingerprint density at radius 1 is 0.568 bits per heavy atom. The average molecular weight is 620 g/mol. The summed E-state index contributed by atoms with van der Waals surface area (Å²) in [5.41, 5.74) is -2.84. The lowest BCUT2D eigenvalue weighted by Crippen LogP contribution is -2.18. The van der Waals surface area contributed by atoms with Gasteiger partial charge in [0.1, 0.15) is 22.6 Å². The van der Waals surface area contributed by atoms with Gasteiger partial charge in [-0.15, -0.1) is 10.2 Å². The van der Waals surface area contributed by atoms with Crippen LogP contribution in [0.2, 0.25) is 0 Å². The molecule has 0 saturated heterocycles. The molecule has 0 aliphatic heterocycles. The third-order valence-electron chi connectivity index (χ3n) is 7.17. The van der Waals surface area contributed by atoms with E-state index in [1.54, 1.807) is 31.4 Å². The molecule has 0 bridgehead atoms. The van der Waals surface area contributed by atoms with Gasteiger partial charge in [-0.05, 0) is 42.3 Å². The summed E-state index contributed by atoms with van der Waals surface area (Å²) < 4.78 is 132. The number of methoxy groups -OCH3 is 1. The molecule has 44 heavy (non-hydrogen) atoms. The Kier molecular flexibility index (Phi) is 7.83. The molecule has 5 nitrogen and oxygen atoms in total. The summed E-state index contributed by atoms with van der Waals surface area (Å²) in [5.74, 6) is -19.0. The zero-order valence-corrected chi connectivity index (χ0v) is 23.3. The van der Waals surface area contributed by atoms with Crippen molar-refractivity contribution in [3.8, 4) is 40.2 Å². The van der Waals surface area contributed by atoms with E-state index in [-0.39, 0.29) is 5.75 Å². The first-order chi connectivity index (χ1) is 20.8. The molecule has 228 valence electrons. The first-order valence-electron chi connectivity index (χ1n) is 12.7. The maximum Gasteiger partial charge on any atom is 0.254 e. The predicted molar refractivity (Wildman–Crippen MR) is 141 cm³/mol. The fourth-order valence-electron chi connectivity index (χ4n) is 4.48. The van der Waals surface area contributed by atoms with E-state index < -0.39 is 86.2 Å². The van der Waals surface area contributed by atoms with Gasteiger partial charge in [-0.1, -0.05) is 38.1 Å². The largest absolute Gasteiger partial charge is 0.497 e. The Hall–Kier alpha value is -4.94. The molecule has 0 atom stereocenters. The monoisotopic (exact) mass is 620 g/mol. The molecule has 0 aliphatic carbocycles. The molecule has 0 N–H and O–H groups in total. The molecule has 0 unspecified atom stereocenters. The third-order valence-corrected chi connectivity index (χ3v) is 7.17. The Labute approximate surface area is 244 Å². The molecule has 13 heteroatoms. The van der Waals surface area contributed by atoms with Gasteiger partial charge < -0.3 is 13.9 Å². The highest BCUT2D eigenvalue weighted by molar-refractivity contribution is 5.62. The standard InChI is InChI=1S/C31H20F8N2O3/c1-13-20(32)22(34)18(23(35)21(13)33)29-40-41-30(44-29)19-24(36)26(38)28(27(39)25(19)37)43-17-11-7-15(8-12-17)31(2,3)14-5-9-16(42-4)10-6-14/h5-12H,1-4H3. The zero-order valence-electron chi connectivity index (χ0n) is 23.3. The quantitative estimate of drug-likeness (QED) is 0.134. The molecule has 0 amide bonds. The van der Waals surface area contributed by atoms with E-state index in [4.69, 9.17) is 13.9 Å². The maximum absolute atomic E-state index is 15.0. The molecule has 0 aliphatic rings. The minimum atomic E-state index is -2.05. The van der Waals surface area contributed by atoms with E-state index in [1.807, 2.05) is 26.0 Å². The van der Waals surface area contributed by atoms with E-state index in [9.17, 15) is 17.6 Å². The summed E-state index contributed by atoms with van der Waals surface area (Å²) in [5, 5.41) is 6.30. The molecule has 0 saturated carbocycles. The summed E-state index contributed by atoms with van der Waals surface area (Å²) in [4.78, 5) is 0. The number of halogens is 8. The van der Waals surface area contributed by atoms with E-state index in [2.05, 4.69) is 10.2 Å². The van der Waals surface area contributed by atoms with Gasteiger partial charge in [-0.25, -0.2) is 26.3 Å². The zero-order chi connectivity index (χ0) is 32.1. The molecular weight excluding hydrogens is 600 g/mol. The minimum Gasteiger partial charge on any atom is -0.497 e. The van der Waals surface area contributed by atoms with Crippen LogP contribution in [0, 0.1) is 53.5 Å². The topological polar surface area (TPSA) is 57.4 Å². The highest BCUT2D eigenvalue weighted by Gasteiger charge is 2.33. The van der Waals surface area contributed by atoms with Crippen molar-refractivity contribution in [2.75, 3.05) is 7.11 Å². The number of aromatic nitrogens is 2. The van der Waals surface area contributed by atoms with Crippen LogP contribution in [0.3, 0.4) is 0 Å². The van der Waals surface area contributed by atoms with Crippen LogP contribution in [0.4, 0.5) is 35.1 Å². The predicted octanol–water partition coefficient (Wildman–Crippen LogP) is 8.95. The van der Waals surface area contributed by atoms with Crippen molar-refractivity contribution in [3.63, 3.8) is 0 Å². The van der Waals surface area contributed by atoms with Crippen molar-refractivity contribution >= 4 is 0 Å². The fraction of sp³-hybridized carbons (Fsp3) is 0.161. The normalized spacial score (nSPS) is 11.6. The second-order valence-electron chi connectivity index (χ2n) is 10.1. The van der Waals surface area contributed by atoms with Crippen LogP contribution in [0.5, 0.6) is 17.2 Å². The molecule has 0 radical (unpaired) electrons. The van der Waals surface area contributed by atoms with Crippen molar-refractivity contribution in [1.82, 2.24) is 10.2 Å². The van der Waals surface area contributed by atoms with Gasteiger partial charge >= 0.3 is 0 Å². The molecule has 1 aromatic heterocycles. The minimum absolute atomic E-state index is 0.168. The molecule has 5 aromatic rings. The van der Waals surface area contributed by atoms with Crippen molar-refractivity contribution in [2.24, 2.45) is 0 Å². The van der Waals surface area contributed by atoms with Gasteiger partial charge in [0.15, 0.2) is 34.9 Å². The molecule has 5 rings (SSSR count). The SMILES string of the molecule is COc1ccc(C(C)(C)c2ccc(Oc3c(F)c(F)c(-c4nnc(-c5c(F)c(F)c(C)c(F)c5F)o4)c(F)c3F)cc2)cc1. The van der Waals surface area contributed by atoms with Crippen LogP contribution in [-0.2, 0) is 5.41 Å². The van der Waals surface area contributed by atoms with Crippen LogP contribution >= 0.6 is 0 Å². The fourth-order valence-corrected chi connectivity index (χ4v) is 4.48. The van der Waals surface area contributed by atoms with Crippen LogP contribution in [0.1, 0.15) is 30.5 Å². The lowest BCUT2D eigenvalue weighted by Gasteiger charge is -2.26. The molecule has 0 fully saturated rings. The first-order valence-corrected chi connectivity index (χ1v) is 12.7. The number of benzene rings is 4. The van der Waals surface area contributed by atoms with E-state index in [0.717, 1.165) is 18.1 Å². The number of ether oxygens (including phenoxy) is 2. The summed E-state index contributed by atoms with van der Waals surface area (Å²) in [7, 11) is 1.54. The van der Waals surface area contributed by atoms with Crippen molar-refractivity contribution in [1.29, 1.82) is 0 Å². The third kappa shape index (κ3) is 5.01. The van der Waals surface area contributed by atoms with Crippen molar-refractivity contribution in [2.45, 2.75) is 26.2 Å². The van der Waals surface area contributed by atoms with E-state index >= 15 is 17.6 Å². The number of hydrogen-bond acceptors (Lipinski definition) is 5. The van der Waals surface area contributed by atoms with Gasteiger partial charge in [0.25, 0.3) is 11.8 Å². The number of hydrogen-bond donors (Lipinski definition) is 0. The molecule has 0 spiro atoms. The van der Waals surface area contributed by atoms with Crippen LogP contribution in [-0.4, -0.2) is 17.3 Å². The Morgan fingerprint density at radius 3 is 1.36 bits per heavy atom. The molecular formula is C31H20F8N2O3. The molecule has 4 aromatic carbocycles. The number of rotatable bonds is 7. The van der Waals surface area contributed by atoms with E-state index in [0.29, 0.717) is 5.75 Å². The first kappa shape index (κ1) is 30.5. The van der Waals surface area contributed by atoms with Gasteiger partial charge in [-0.3, -0.25) is 0 Å². The Morgan fingerprint density at radius 2 is 0.955 bits per heavy atom. The van der Waals surface area contributed by atoms with Crippen molar-refractivity contribution in [3.05, 3.63) is 112 Å². The highest BCUT2D eigenvalue weighted by atomic mass is 19.2. The van der Waals surface area contributed by atoms with Crippen LogP contribution < -0.4 is 9.47 Å². The summed E-state index contributed by atoms with van der Waals surface area (Å²) >= 11 is 0. The molecule has 1 heterocycles. The number of nitrogens with zero attached hydrogens (tertiary/aromatic N) is 2. The summed E-state index contributed by atoms with van der Waals surface area (Å²) in [6.07, 6.45) is 0. The Balaban J connectivity index is 1.46. The van der Waals surface area contributed by atoms with Gasteiger partial charge in [0.05, 0.1) is 7.11 Å². The van der Waals surface area contributed by atoms with Crippen LogP contribution in [0.15, 0.2) is 52.9 Å². The highest BCUT2D eigenvalue weighted by Crippen LogP contribution is 2.40.